The van der Waals surface area contributed by atoms with Crippen LogP contribution < -0.4 is 16.2 Å². The topological polar surface area (TPSA) is 83.7 Å². The molecule has 4 rings (SSSR count). The molecule has 33 heavy (non-hydrogen) atoms. The molecule has 1 aromatic heterocycles. The molecule has 176 valence electrons. The van der Waals surface area contributed by atoms with Crippen LogP contribution in [0.3, 0.4) is 0 Å². The third-order valence-corrected chi connectivity index (χ3v) is 6.06. The summed E-state index contributed by atoms with van der Waals surface area (Å²) in [4.78, 5) is 15.3. The first-order chi connectivity index (χ1) is 16.0. The predicted molar refractivity (Wildman–Crippen MR) is 130 cm³/mol. The fraction of sp³-hybridized carbons (Fsp3) is 0.400. The van der Waals surface area contributed by atoms with Crippen LogP contribution in [0.15, 0.2) is 59.4 Å². The summed E-state index contributed by atoms with van der Waals surface area (Å²) in [5.74, 6) is 0. The largest absolute Gasteiger partial charge is 0.390 e. The minimum Gasteiger partial charge on any atom is -0.390 e. The van der Waals surface area contributed by atoms with Crippen LogP contribution in [0.5, 0.6) is 0 Å². The molecule has 8 nitrogen and oxygen atoms in total. The van der Waals surface area contributed by atoms with E-state index in [0.29, 0.717) is 25.3 Å². The molecule has 3 N–H and O–H groups in total. The lowest BCUT2D eigenvalue weighted by atomic mass is 10.2. The van der Waals surface area contributed by atoms with Crippen LogP contribution in [-0.2, 0) is 18.3 Å². The summed E-state index contributed by atoms with van der Waals surface area (Å²) in [5.41, 5.74) is 4.16. The van der Waals surface area contributed by atoms with Gasteiger partial charge in [0.1, 0.15) is 5.69 Å². The van der Waals surface area contributed by atoms with Crippen LogP contribution >= 0.6 is 0 Å². The molecule has 0 radical (unpaired) electrons. The van der Waals surface area contributed by atoms with Gasteiger partial charge >= 0.3 is 0 Å². The molecule has 3 aromatic rings. The smallest absolute Gasteiger partial charge is 0.295 e. The Hall–Kier alpha value is -2.91. The molecular formula is C25H33N5O3. The minimum absolute atomic E-state index is 0.0822. The summed E-state index contributed by atoms with van der Waals surface area (Å²) < 4.78 is 8.87. The lowest BCUT2D eigenvalue weighted by molar-refractivity contribution is 0.0149. The number of aromatic nitrogens is 2. The summed E-state index contributed by atoms with van der Waals surface area (Å²) in [6.07, 6.45) is -0.406. The van der Waals surface area contributed by atoms with Crippen molar-refractivity contribution in [2.24, 2.45) is 7.05 Å². The number of hydrogen-bond acceptors (Lipinski definition) is 6. The van der Waals surface area contributed by atoms with Gasteiger partial charge in [-0.1, -0.05) is 30.3 Å². The van der Waals surface area contributed by atoms with Crippen molar-refractivity contribution in [3.63, 3.8) is 0 Å². The van der Waals surface area contributed by atoms with E-state index >= 15 is 0 Å². The molecule has 0 spiro atoms. The molecule has 2 heterocycles. The minimum atomic E-state index is -0.406. The van der Waals surface area contributed by atoms with Gasteiger partial charge in [-0.15, -0.1) is 0 Å². The molecule has 0 aliphatic carbocycles. The number of rotatable bonds is 9. The molecule has 0 bridgehead atoms. The van der Waals surface area contributed by atoms with Crippen molar-refractivity contribution < 1.29 is 9.84 Å². The van der Waals surface area contributed by atoms with Gasteiger partial charge in [-0.25, -0.2) is 4.68 Å². The Balaban J connectivity index is 1.33. The second kappa shape index (κ2) is 10.8. The van der Waals surface area contributed by atoms with Crippen molar-refractivity contribution >= 4 is 11.4 Å². The van der Waals surface area contributed by atoms with Crippen molar-refractivity contribution in [2.45, 2.75) is 19.6 Å². The summed E-state index contributed by atoms with van der Waals surface area (Å²) in [5, 5.41) is 16.9. The van der Waals surface area contributed by atoms with Gasteiger partial charge in [0.05, 0.1) is 30.7 Å². The number of para-hydroxylation sites is 1. The molecule has 8 heteroatoms. The van der Waals surface area contributed by atoms with E-state index in [1.165, 1.54) is 0 Å². The van der Waals surface area contributed by atoms with Crippen LogP contribution in [0.4, 0.5) is 11.4 Å². The van der Waals surface area contributed by atoms with E-state index in [1.807, 2.05) is 73.3 Å². The van der Waals surface area contributed by atoms with Crippen molar-refractivity contribution in [3.8, 4) is 5.69 Å². The summed E-state index contributed by atoms with van der Waals surface area (Å²) in [6, 6.07) is 17.6. The number of anilines is 2. The Labute approximate surface area is 194 Å². The molecule has 1 saturated heterocycles. The Kier molecular flexibility index (Phi) is 7.61. The molecule has 0 saturated carbocycles. The fourth-order valence-corrected chi connectivity index (χ4v) is 4.09. The number of nitrogens with zero attached hydrogens (tertiary/aromatic N) is 3. The molecule has 0 unspecified atom stereocenters. The van der Waals surface area contributed by atoms with Crippen molar-refractivity contribution in [3.05, 3.63) is 76.2 Å². The highest BCUT2D eigenvalue weighted by Gasteiger charge is 2.16. The SMILES string of the molecule is Cc1c(Nc2ccc(CNC[C@H](O)CN3CCOCC3)cc2)c(=O)n(-c2ccccc2)n1C. The number of nitrogens with one attached hydrogen (secondary N) is 2. The van der Waals surface area contributed by atoms with E-state index in [0.717, 1.165) is 48.9 Å². The number of aliphatic hydroxyl groups excluding tert-OH is 1. The summed E-state index contributed by atoms with van der Waals surface area (Å²) in [7, 11) is 1.89. The van der Waals surface area contributed by atoms with E-state index in [4.69, 9.17) is 4.74 Å². The van der Waals surface area contributed by atoms with E-state index < -0.39 is 6.10 Å². The molecule has 1 atom stereocenters. The van der Waals surface area contributed by atoms with Gasteiger partial charge in [-0.3, -0.25) is 14.4 Å². The van der Waals surface area contributed by atoms with Crippen molar-refractivity contribution in [1.82, 2.24) is 19.6 Å². The van der Waals surface area contributed by atoms with Gasteiger partial charge in [-0.05, 0) is 36.8 Å². The van der Waals surface area contributed by atoms with E-state index in [2.05, 4.69) is 15.5 Å². The molecule has 0 amide bonds. The van der Waals surface area contributed by atoms with Gasteiger partial charge in [0.15, 0.2) is 0 Å². The van der Waals surface area contributed by atoms with Gasteiger partial charge in [-0.2, -0.15) is 0 Å². The normalized spacial score (nSPS) is 15.5. The van der Waals surface area contributed by atoms with Crippen molar-refractivity contribution in [2.75, 3.05) is 44.7 Å². The van der Waals surface area contributed by atoms with E-state index in [-0.39, 0.29) is 5.56 Å². The predicted octanol–water partition coefficient (Wildman–Crippen LogP) is 2.01. The number of morpholine rings is 1. The van der Waals surface area contributed by atoms with E-state index in [9.17, 15) is 9.90 Å². The van der Waals surface area contributed by atoms with Crippen LogP contribution in [0.1, 0.15) is 11.3 Å². The highest BCUT2D eigenvalue weighted by molar-refractivity contribution is 5.62. The lowest BCUT2D eigenvalue weighted by Gasteiger charge is -2.28. The van der Waals surface area contributed by atoms with Gasteiger partial charge in [0, 0.05) is 45.5 Å². The Bertz CT molecular complexity index is 1090. The molecule has 2 aromatic carbocycles. The summed E-state index contributed by atoms with van der Waals surface area (Å²) >= 11 is 0. The van der Waals surface area contributed by atoms with E-state index in [1.54, 1.807) is 4.68 Å². The zero-order valence-corrected chi connectivity index (χ0v) is 19.3. The second-order valence-corrected chi connectivity index (χ2v) is 8.46. The Morgan fingerprint density at radius 3 is 2.45 bits per heavy atom. The van der Waals surface area contributed by atoms with Crippen molar-refractivity contribution in [1.29, 1.82) is 0 Å². The maximum Gasteiger partial charge on any atom is 0.295 e. The molecular weight excluding hydrogens is 418 g/mol. The maximum atomic E-state index is 13.1. The lowest BCUT2D eigenvalue weighted by Crippen LogP contribution is -2.43. The van der Waals surface area contributed by atoms with Crippen LogP contribution in [0, 0.1) is 6.92 Å². The number of β-amino-alcohol motifs (C(OH)–C–C–N with tert-alkyl or cyclic N) is 1. The first-order valence-corrected chi connectivity index (χ1v) is 11.4. The highest BCUT2D eigenvalue weighted by Crippen LogP contribution is 2.19. The highest BCUT2D eigenvalue weighted by atomic mass is 16.5. The summed E-state index contributed by atoms with van der Waals surface area (Å²) in [6.45, 7) is 7.04. The van der Waals surface area contributed by atoms with Crippen LogP contribution in [0.25, 0.3) is 5.69 Å². The second-order valence-electron chi connectivity index (χ2n) is 8.46. The standard InChI is InChI=1S/C25H33N5O3/c1-19-24(25(32)30(28(19)2)22-6-4-3-5-7-22)27-21-10-8-20(9-11-21)16-26-17-23(31)18-29-12-14-33-15-13-29/h3-11,23,26-27,31H,12-18H2,1-2H3/t23-/m0/s1. The number of aliphatic hydroxyl groups is 1. The number of ether oxygens (including phenoxy) is 1. The first-order valence-electron chi connectivity index (χ1n) is 11.4. The Morgan fingerprint density at radius 1 is 1.06 bits per heavy atom. The zero-order valence-electron chi connectivity index (χ0n) is 19.3. The average Bonchev–Trinajstić information content (AvgIpc) is 3.04. The van der Waals surface area contributed by atoms with Gasteiger partial charge < -0.3 is 20.5 Å². The number of hydrogen-bond donors (Lipinski definition) is 3. The van der Waals surface area contributed by atoms with Gasteiger partial charge in [0.2, 0.25) is 0 Å². The van der Waals surface area contributed by atoms with Crippen LogP contribution in [-0.4, -0.2) is 64.9 Å². The number of benzene rings is 2. The fourth-order valence-electron chi connectivity index (χ4n) is 4.09. The molecule has 1 aliphatic heterocycles. The zero-order chi connectivity index (χ0) is 23.2. The third-order valence-electron chi connectivity index (χ3n) is 6.06. The molecule has 1 aliphatic rings. The first kappa shape index (κ1) is 23.3. The maximum absolute atomic E-state index is 13.1. The Morgan fingerprint density at radius 2 is 1.76 bits per heavy atom. The van der Waals surface area contributed by atoms with Gasteiger partial charge in [0.25, 0.3) is 5.56 Å². The molecule has 1 fully saturated rings. The van der Waals surface area contributed by atoms with Crippen LogP contribution in [0.2, 0.25) is 0 Å². The quantitative estimate of drug-likeness (QED) is 0.462. The monoisotopic (exact) mass is 451 g/mol. The third kappa shape index (κ3) is 5.72. The average molecular weight is 452 g/mol.